The van der Waals surface area contributed by atoms with Crippen molar-refractivity contribution in [3.8, 4) is 6.07 Å². The van der Waals surface area contributed by atoms with E-state index in [-0.39, 0.29) is 5.91 Å². The standard InChI is InChI=1S/C13H16N2OS/c1-10-5-13(6-10,9-14)12(16)15(2)7-11-3-4-17-8-11/h3-4,8,10H,5-7H2,1-2H3. The first-order chi connectivity index (χ1) is 8.07. The third-order valence-electron chi connectivity index (χ3n) is 3.36. The van der Waals surface area contributed by atoms with E-state index in [4.69, 9.17) is 0 Å². The average molecular weight is 248 g/mol. The van der Waals surface area contributed by atoms with Crippen LogP contribution in [0.1, 0.15) is 25.3 Å². The summed E-state index contributed by atoms with van der Waals surface area (Å²) in [6.07, 6.45) is 1.41. The number of carbonyl (C=O) groups is 1. The van der Waals surface area contributed by atoms with Gasteiger partial charge in [-0.2, -0.15) is 16.6 Å². The monoisotopic (exact) mass is 248 g/mol. The normalized spacial score (nSPS) is 27.0. The minimum Gasteiger partial charge on any atom is -0.340 e. The molecule has 1 amide bonds. The summed E-state index contributed by atoms with van der Waals surface area (Å²) in [7, 11) is 1.78. The SMILES string of the molecule is CC1CC(C#N)(C(=O)N(C)Cc2ccsc2)C1. The van der Waals surface area contributed by atoms with E-state index in [1.165, 1.54) is 0 Å². The van der Waals surface area contributed by atoms with Crippen LogP contribution in [0.2, 0.25) is 0 Å². The maximum absolute atomic E-state index is 12.3. The molecule has 3 nitrogen and oxygen atoms in total. The molecule has 0 unspecified atom stereocenters. The zero-order chi connectivity index (χ0) is 12.5. The van der Waals surface area contributed by atoms with Crippen molar-refractivity contribution in [2.24, 2.45) is 11.3 Å². The molecular weight excluding hydrogens is 232 g/mol. The summed E-state index contributed by atoms with van der Waals surface area (Å²) in [6, 6.07) is 4.23. The Labute approximate surface area is 106 Å². The molecule has 1 heterocycles. The molecule has 0 atom stereocenters. The van der Waals surface area contributed by atoms with E-state index in [9.17, 15) is 10.1 Å². The van der Waals surface area contributed by atoms with Crippen LogP contribution >= 0.6 is 11.3 Å². The molecule has 1 aromatic rings. The van der Waals surface area contributed by atoms with E-state index >= 15 is 0 Å². The van der Waals surface area contributed by atoms with E-state index in [0.717, 1.165) is 5.56 Å². The van der Waals surface area contributed by atoms with Gasteiger partial charge in [0.2, 0.25) is 5.91 Å². The highest BCUT2D eigenvalue weighted by molar-refractivity contribution is 7.07. The first kappa shape index (κ1) is 12.1. The second kappa shape index (κ2) is 4.50. The van der Waals surface area contributed by atoms with Crippen LogP contribution in [0.3, 0.4) is 0 Å². The second-order valence-corrected chi connectivity index (χ2v) is 5.78. The van der Waals surface area contributed by atoms with E-state index in [0.29, 0.717) is 25.3 Å². The summed E-state index contributed by atoms with van der Waals surface area (Å²) in [5.74, 6) is 0.470. The van der Waals surface area contributed by atoms with Gasteiger partial charge in [-0.1, -0.05) is 6.92 Å². The number of nitrogens with zero attached hydrogens (tertiary/aromatic N) is 2. The Morgan fingerprint density at radius 2 is 2.41 bits per heavy atom. The van der Waals surface area contributed by atoms with Gasteiger partial charge in [0.1, 0.15) is 5.41 Å². The zero-order valence-electron chi connectivity index (χ0n) is 10.1. The predicted octanol–water partition coefficient (Wildman–Crippen LogP) is 2.65. The summed E-state index contributed by atoms with van der Waals surface area (Å²) in [5, 5.41) is 13.2. The highest BCUT2D eigenvalue weighted by atomic mass is 32.1. The average Bonchev–Trinajstić information content (AvgIpc) is 2.76. The molecule has 0 saturated heterocycles. The van der Waals surface area contributed by atoms with E-state index in [2.05, 4.69) is 13.0 Å². The van der Waals surface area contributed by atoms with Crippen LogP contribution in [0.15, 0.2) is 16.8 Å². The summed E-state index contributed by atoms with van der Waals surface area (Å²) in [6.45, 7) is 2.68. The number of hydrogen-bond acceptors (Lipinski definition) is 3. The Balaban J connectivity index is 2.02. The molecule has 17 heavy (non-hydrogen) atoms. The van der Waals surface area contributed by atoms with Crippen molar-refractivity contribution >= 4 is 17.2 Å². The number of thiophene rings is 1. The molecule has 1 aliphatic rings. The largest absolute Gasteiger partial charge is 0.340 e. The predicted molar refractivity (Wildman–Crippen MR) is 67.2 cm³/mol. The molecule has 0 spiro atoms. The third kappa shape index (κ3) is 2.20. The number of hydrogen-bond donors (Lipinski definition) is 0. The topological polar surface area (TPSA) is 44.1 Å². The van der Waals surface area contributed by atoms with Gasteiger partial charge in [0, 0.05) is 13.6 Å². The van der Waals surface area contributed by atoms with Gasteiger partial charge in [0.25, 0.3) is 0 Å². The van der Waals surface area contributed by atoms with E-state index < -0.39 is 5.41 Å². The number of carbonyl (C=O) groups excluding carboxylic acids is 1. The van der Waals surface area contributed by atoms with Crippen LogP contribution in [-0.2, 0) is 11.3 Å². The summed E-state index contributed by atoms with van der Waals surface area (Å²) >= 11 is 1.62. The van der Waals surface area contributed by atoms with Gasteiger partial charge in [0.05, 0.1) is 6.07 Å². The molecule has 0 bridgehead atoms. The Bertz CT molecular complexity index is 440. The molecule has 1 fully saturated rings. The molecule has 4 heteroatoms. The summed E-state index contributed by atoms with van der Waals surface area (Å²) in [5.41, 5.74) is 0.385. The molecule has 0 N–H and O–H groups in total. The van der Waals surface area contributed by atoms with Gasteiger partial charge in [-0.15, -0.1) is 0 Å². The number of rotatable bonds is 3. The van der Waals surface area contributed by atoms with Gasteiger partial charge in [-0.3, -0.25) is 4.79 Å². The third-order valence-corrected chi connectivity index (χ3v) is 4.10. The van der Waals surface area contributed by atoms with Crippen LogP contribution < -0.4 is 0 Å². The molecule has 1 saturated carbocycles. The van der Waals surface area contributed by atoms with Crippen molar-refractivity contribution < 1.29 is 4.79 Å². The molecular formula is C13H16N2OS. The van der Waals surface area contributed by atoms with Gasteiger partial charge in [0.15, 0.2) is 0 Å². The fourth-order valence-corrected chi connectivity index (χ4v) is 3.20. The van der Waals surface area contributed by atoms with Crippen molar-refractivity contribution in [2.45, 2.75) is 26.3 Å². The van der Waals surface area contributed by atoms with Crippen LogP contribution in [0, 0.1) is 22.7 Å². The summed E-state index contributed by atoms with van der Waals surface area (Å²) in [4.78, 5) is 13.9. The summed E-state index contributed by atoms with van der Waals surface area (Å²) < 4.78 is 0. The molecule has 1 aromatic heterocycles. The van der Waals surface area contributed by atoms with E-state index in [1.807, 2.05) is 16.8 Å². The maximum Gasteiger partial charge on any atom is 0.243 e. The smallest absolute Gasteiger partial charge is 0.243 e. The Morgan fingerprint density at radius 1 is 1.71 bits per heavy atom. The lowest BCUT2D eigenvalue weighted by atomic mass is 9.63. The fourth-order valence-electron chi connectivity index (χ4n) is 2.54. The first-order valence-electron chi connectivity index (χ1n) is 5.75. The molecule has 90 valence electrons. The zero-order valence-corrected chi connectivity index (χ0v) is 11.0. The fraction of sp³-hybridized carbons (Fsp3) is 0.538. The molecule has 1 aliphatic carbocycles. The minimum absolute atomic E-state index is 0.0238. The second-order valence-electron chi connectivity index (χ2n) is 5.00. The van der Waals surface area contributed by atoms with Crippen molar-refractivity contribution in [3.63, 3.8) is 0 Å². The Morgan fingerprint density at radius 3 is 2.88 bits per heavy atom. The van der Waals surface area contributed by atoms with Crippen molar-refractivity contribution in [3.05, 3.63) is 22.4 Å². The Hall–Kier alpha value is -1.34. The minimum atomic E-state index is -0.746. The van der Waals surface area contributed by atoms with Gasteiger partial charge < -0.3 is 4.90 Å². The van der Waals surface area contributed by atoms with Gasteiger partial charge in [-0.05, 0) is 41.1 Å². The quantitative estimate of drug-likeness (QED) is 0.825. The first-order valence-corrected chi connectivity index (χ1v) is 6.69. The van der Waals surface area contributed by atoms with Crippen LogP contribution in [0.5, 0.6) is 0 Å². The van der Waals surface area contributed by atoms with Crippen molar-refractivity contribution in [2.75, 3.05) is 7.05 Å². The molecule has 0 aliphatic heterocycles. The highest BCUT2D eigenvalue weighted by Gasteiger charge is 2.50. The lowest BCUT2D eigenvalue weighted by Crippen LogP contribution is -2.48. The van der Waals surface area contributed by atoms with E-state index in [1.54, 1.807) is 23.3 Å². The number of amides is 1. The maximum atomic E-state index is 12.3. The van der Waals surface area contributed by atoms with Gasteiger partial charge in [-0.25, -0.2) is 0 Å². The van der Waals surface area contributed by atoms with Crippen molar-refractivity contribution in [1.82, 2.24) is 4.90 Å². The van der Waals surface area contributed by atoms with Crippen LogP contribution in [-0.4, -0.2) is 17.9 Å². The molecule has 0 aromatic carbocycles. The van der Waals surface area contributed by atoms with Crippen LogP contribution in [0.4, 0.5) is 0 Å². The lowest BCUT2D eigenvalue weighted by molar-refractivity contribution is -0.144. The highest BCUT2D eigenvalue weighted by Crippen LogP contribution is 2.46. The lowest BCUT2D eigenvalue weighted by Gasteiger charge is -2.41. The van der Waals surface area contributed by atoms with Crippen LogP contribution in [0.25, 0.3) is 0 Å². The molecule has 0 radical (unpaired) electrons. The van der Waals surface area contributed by atoms with Crippen molar-refractivity contribution in [1.29, 1.82) is 5.26 Å². The number of nitriles is 1. The molecule has 2 rings (SSSR count). The Kier molecular flexibility index (Phi) is 3.21. The van der Waals surface area contributed by atoms with Gasteiger partial charge >= 0.3 is 0 Å².